The molecule has 47 heavy (non-hydrogen) atoms. The summed E-state index contributed by atoms with van der Waals surface area (Å²) < 4.78 is 22.3. The molecule has 7 N–H and O–H groups in total. The Hall–Kier alpha value is -4.82. The number of methoxy groups -OCH3 is 1. The van der Waals surface area contributed by atoms with Crippen molar-refractivity contribution in [2.75, 3.05) is 13.7 Å². The Kier molecular flexibility index (Phi) is 12.0. The minimum absolute atomic E-state index is 0.0716. The van der Waals surface area contributed by atoms with Gasteiger partial charge in [-0.25, -0.2) is 4.79 Å². The average molecular weight is 655 g/mol. The van der Waals surface area contributed by atoms with E-state index in [0.717, 1.165) is 6.08 Å². The van der Waals surface area contributed by atoms with Crippen molar-refractivity contribution in [2.45, 2.75) is 62.8 Å². The standard InChI is InChI=1S/C34H38O13/c1-44-30-16-21(6-12-26(30)38)7-13-31(42)47-33-32(43)29(41)18-45-34(33)46-23(9-3-20-5-11-25(37)28(40)15-20)17-22(35)8-2-19-4-10-24(36)27(39)14-19/h4-7,10-16,23,29,32-34,36-41,43H,2-3,8-9,17-18H2,1H3. The van der Waals surface area contributed by atoms with Gasteiger partial charge in [-0.2, -0.15) is 0 Å². The van der Waals surface area contributed by atoms with E-state index in [1.54, 1.807) is 12.1 Å². The number of carbonyl (C=O) groups excluding carboxylic acids is 2. The smallest absolute Gasteiger partial charge is 0.331 e. The highest BCUT2D eigenvalue weighted by atomic mass is 16.7. The first-order chi connectivity index (χ1) is 22.4. The van der Waals surface area contributed by atoms with E-state index in [1.165, 1.54) is 55.7 Å². The Morgan fingerprint density at radius 1 is 0.872 bits per heavy atom. The highest BCUT2D eigenvalue weighted by molar-refractivity contribution is 5.87. The summed E-state index contributed by atoms with van der Waals surface area (Å²) in [5.74, 6) is -2.18. The van der Waals surface area contributed by atoms with Crippen LogP contribution in [0.3, 0.4) is 0 Å². The van der Waals surface area contributed by atoms with E-state index in [0.29, 0.717) is 23.1 Å². The van der Waals surface area contributed by atoms with Gasteiger partial charge in [-0.05, 0) is 78.4 Å². The minimum atomic E-state index is -1.58. The van der Waals surface area contributed by atoms with Gasteiger partial charge in [-0.15, -0.1) is 0 Å². The van der Waals surface area contributed by atoms with Crippen molar-refractivity contribution in [2.24, 2.45) is 0 Å². The zero-order valence-corrected chi connectivity index (χ0v) is 25.6. The van der Waals surface area contributed by atoms with Crippen LogP contribution in [0.5, 0.6) is 34.5 Å². The fraction of sp³-hybridized carbons (Fsp3) is 0.353. The number of carbonyl (C=O) groups is 2. The zero-order chi connectivity index (χ0) is 34.1. The van der Waals surface area contributed by atoms with Crippen molar-refractivity contribution in [1.82, 2.24) is 0 Å². The van der Waals surface area contributed by atoms with Crippen LogP contribution in [-0.2, 0) is 36.6 Å². The van der Waals surface area contributed by atoms with Crippen molar-refractivity contribution >= 4 is 17.8 Å². The van der Waals surface area contributed by atoms with Crippen molar-refractivity contribution in [3.8, 4) is 34.5 Å². The van der Waals surface area contributed by atoms with Crippen LogP contribution < -0.4 is 4.74 Å². The Bertz CT molecular complexity index is 1570. The second kappa shape index (κ2) is 16.1. The van der Waals surface area contributed by atoms with Gasteiger partial charge in [0.15, 0.2) is 46.9 Å². The fourth-order valence-corrected chi connectivity index (χ4v) is 4.97. The molecular weight excluding hydrogens is 616 g/mol. The number of hydrogen-bond acceptors (Lipinski definition) is 13. The van der Waals surface area contributed by atoms with E-state index in [9.17, 15) is 45.3 Å². The lowest BCUT2D eigenvalue weighted by molar-refractivity contribution is -0.286. The molecule has 0 aliphatic carbocycles. The normalized spacial score (nSPS) is 20.1. The second-order valence-electron chi connectivity index (χ2n) is 11.1. The fourth-order valence-electron chi connectivity index (χ4n) is 4.97. The molecule has 1 aliphatic rings. The van der Waals surface area contributed by atoms with Crippen molar-refractivity contribution in [3.05, 3.63) is 77.4 Å². The summed E-state index contributed by atoms with van der Waals surface area (Å²) in [5.41, 5.74) is 1.77. The minimum Gasteiger partial charge on any atom is -0.504 e. The van der Waals surface area contributed by atoms with Gasteiger partial charge in [0.05, 0.1) is 19.8 Å². The SMILES string of the molecule is COc1cc(C=CC(=O)OC2C(OC(CCc3ccc(O)c(O)c3)CC(=O)CCc3ccc(O)c(O)c3)OCC(O)C2O)ccc1O. The maximum atomic E-state index is 13.1. The molecular formula is C34H38O13. The van der Waals surface area contributed by atoms with Crippen LogP contribution in [0.2, 0.25) is 0 Å². The molecule has 0 spiro atoms. The average Bonchev–Trinajstić information content (AvgIpc) is 3.05. The predicted octanol–water partition coefficient (Wildman–Crippen LogP) is 2.84. The quantitative estimate of drug-likeness (QED) is 0.0758. The number of rotatable bonds is 14. The number of aromatic hydroxyl groups is 5. The second-order valence-corrected chi connectivity index (χ2v) is 11.1. The number of aliphatic hydroxyl groups excluding tert-OH is 2. The number of aryl methyl sites for hydroxylation is 2. The van der Waals surface area contributed by atoms with Gasteiger partial charge in [0, 0.05) is 18.9 Å². The molecule has 3 aromatic rings. The number of hydrogen-bond donors (Lipinski definition) is 7. The van der Waals surface area contributed by atoms with Crippen molar-refractivity contribution in [3.63, 3.8) is 0 Å². The van der Waals surface area contributed by atoms with E-state index in [4.69, 9.17) is 18.9 Å². The molecule has 5 atom stereocenters. The van der Waals surface area contributed by atoms with Crippen LogP contribution in [0.25, 0.3) is 6.08 Å². The van der Waals surface area contributed by atoms with E-state index in [1.807, 2.05) is 0 Å². The van der Waals surface area contributed by atoms with Crippen molar-refractivity contribution in [1.29, 1.82) is 0 Å². The number of ether oxygens (including phenoxy) is 4. The molecule has 1 heterocycles. The van der Waals surface area contributed by atoms with Crippen LogP contribution in [0, 0.1) is 0 Å². The Morgan fingerprint density at radius 2 is 1.51 bits per heavy atom. The lowest BCUT2D eigenvalue weighted by Gasteiger charge is -2.38. The third kappa shape index (κ3) is 9.83. The number of Topliss-reactive ketones (excluding diaryl/α,β-unsaturated/α-hetero) is 1. The first-order valence-electron chi connectivity index (χ1n) is 14.9. The third-order valence-corrected chi connectivity index (χ3v) is 7.61. The monoisotopic (exact) mass is 654 g/mol. The van der Waals surface area contributed by atoms with Gasteiger partial charge in [0.2, 0.25) is 0 Å². The summed E-state index contributed by atoms with van der Waals surface area (Å²) in [5, 5.41) is 69.6. The highest BCUT2D eigenvalue weighted by Crippen LogP contribution is 2.30. The molecule has 0 radical (unpaired) electrons. The summed E-state index contributed by atoms with van der Waals surface area (Å²) in [4.78, 5) is 25.9. The molecule has 13 heteroatoms. The zero-order valence-electron chi connectivity index (χ0n) is 25.6. The number of benzene rings is 3. The Labute approximate surface area is 270 Å². The highest BCUT2D eigenvalue weighted by Gasteiger charge is 2.43. The number of phenols is 5. The number of aliphatic hydroxyl groups is 2. The number of esters is 1. The molecule has 1 aliphatic heterocycles. The van der Waals surface area contributed by atoms with E-state index in [-0.39, 0.29) is 72.6 Å². The molecule has 3 aromatic carbocycles. The summed E-state index contributed by atoms with van der Waals surface area (Å²) in [6.07, 6.45) is -3.40. The maximum absolute atomic E-state index is 13.1. The molecule has 5 unspecified atom stereocenters. The van der Waals surface area contributed by atoms with Crippen LogP contribution in [-0.4, -0.2) is 91.9 Å². The number of ketones is 1. The Morgan fingerprint density at radius 3 is 2.15 bits per heavy atom. The van der Waals surface area contributed by atoms with E-state index < -0.39 is 36.7 Å². The molecule has 13 nitrogen and oxygen atoms in total. The van der Waals surface area contributed by atoms with Crippen LogP contribution in [0.15, 0.2) is 60.7 Å². The summed E-state index contributed by atoms with van der Waals surface area (Å²) >= 11 is 0. The summed E-state index contributed by atoms with van der Waals surface area (Å²) in [6.45, 7) is -0.333. The molecule has 0 aromatic heterocycles. The molecule has 252 valence electrons. The summed E-state index contributed by atoms with van der Waals surface area (Å²) in [7, 11) is 1.38. The van der Waals surface area contributed by atoms with Gasteiger partial charge in [-0.3, -0.25) is 4.79 Å². The predicted molar refractivity (Wildman–Crippen MR) is 166 cm³/mol. The topological polar surface area (TPSA) is 213 Å². The lowest BCUT2D eigenvalue weighted by atomic mass is 9.99. The van der Waals surface area contributed by atoms with Gasteiger partial charge in [-0.1, -0.05) is 18.2 Å². The van der Waals surface area contributed by atoms with E-state index >= 15 is 0 Å². The summed E-state index contributed by atoms with van der Waals surface area (Å²) in [6, 6.07) is 13.0. The van der Waals surface area contributed by atoms with Gasteiger partial charge in [0.1, 0.15) is 18.0 Å². The van der Waals surface area contributed by atoms with Gasteiger partial charge in [0.25, 0.3) is 0 Å². The van der Waals surface area contributed by atoms with E-state index in [2.05, 4.69) is 0 Å². The van der Waals surface area contributed by atoms with Gasteiger partial charge < -0.3 is 54.7 Å². The van der Waals surface area contributed by atoms with Crippen LogP contribution in [0.4, 0.5) is 0 Å². The van der Waals surface area contributed by atoms with Crippen LogP contribution in [0.1, 0.15) is 36.0 Å². The maximum Gasteiger partial charge on any atom is 0.331 e. The molecule has 0 bridgehead atoms. The molecule has 0 saturated carbocycles. The largest absolute Gasteiger partial charge is 0.504 e. The van der Waals surface area contributed by atoms with Gasteiger partial charge >= 0.3 is 5.97 Å². The molecule has 1 saturated heterocycles. The first-order valence-corrected chi connectivity index (χ1v) is 14.9. The first kappa shape index (κ1) is 35.0. The lowest BCUT2D eigenvalue weighted by Crippen LogP contribution is -2.56. The van der Waals surface area contributed by atoms with Crippen LogP contribution >= 0.6 is 0 Å². The third-order valence-electron chi connectivity index (χ3n) is 7.61. The molecule has 1 fully saturated rings. The Balaban J connectivity index is 1.47. The molecule has 0 amide bonds. The molecule has 4 rings (SSSR count). The van der Waals surface area contributed by atoms with Crippen molar-refractivity contribution < 1.29 is 64.3 Å². The number of phenolic OH excluding ortho intramolecular Hbond substituents is 5.